The number of esters is 1. The van der Waals surface area contributed by atoms with E-state index >= 15 is 0 Å². The Labute approximate surface area is 128 Å². The van der Waals surface area contributed by atoms with E-state index in [9.17, 15) is 4.79 Å². The van der Waals surface area contributed by atoms with E-state index in [4.69, 9.17) is 4.74 Å². The van der Waals surface area contributed by atoms with Gasteiger partial charge in [-0.3, -0.25) is 9.69 Å². The molecule has 5 fully saturated rings. The van der Waals surface area contributed by atoms with Crippen molar-refractivity contribution in [1.82, 2.24) is 4.90 Å². The first-order valence-electron chi connectivity index (χ1n) is 9.15. The third-order valence-electron chi connectivity index (χ3n) is 6.75. The highest BCUT2D eigenvalue weighted by Gasteiger charge is 2.50. The van der Waals surface area contributed by atoms with Gasteiger partial charge in [0.2, 0.25) is 0 Å². The number of ether oxygens (including phenoxy) is 1. The van der Waals surface area contributed by atoms with E-state index in [2.05, 4.69) is 4.90 Å². The lowest BCUT2D eigenvalue weighted by Gasteiger charge is -2.58. The summed E-state index contributed by atoms with van der Waals surface area (Å²) < 4.78 is 5.20. The number of rotatable bonds is 3. The summed E-state index contributed by atoms with van der Waals surface area (Å²) in [6.45, 7) is 4.67. The Bertz CT molecular complexity index is 372. The molecule has 0 unspecified atom stereocenters. The zero-order valence-corrected chi connectivity index (χ0v) is 13.3. The molecule has 21 heavy (non-hydrogen) atoms. The molecule has 4 aliphatic carbocycles. The van der Waals surface area contributed by atoms with Gasteiger partial charge < -0.3 is 4.74 Å². The van der Waals surface area contributed by atoms with E-state index in [1.807, 2.05) is 6.92 Å². The van der Waals surface area contributed by atoms with Crippen LogP contribution >= 0.6 is 0 Å². The van der Waals surface area contributed by atoms with Crippen molar-refractivity contribution in [2.75, 3.05) is 19.7 Å². The number of piperidine rings is 1. The van der Waals surface area contributed by atoms with Crippen LogP contribution in [0.15, 0.2) is 0 Å². The number of likely N-dealkylation sites (tertiary alicyclic amines) is 1. The largest absolute Gasteiger partial charge is 0.466 e. The Morgan fingerprint density at radius 3 is 2.10 bits per heavy atom. The minimum absolute atomic E-state index is 0.0437. The van der Waals surface area contributed by atoms with E-state index in [0.29, 0.717) is 6.61 Å². The van der Waals surface area contributed by atoms with Gasteiger partial charge in [0.25, 0.3) is 0 Å². The molecule has 1 heterocycles. The maximum atomic E-state index is 11.9. The Kier molecular flexibility index (Phi) is 3.72. The van der Waals surface area contributed by atoms with Crippen LogP contribution in [0.3, 0.4) is 0 Å². The van der Waals surface area contributed by atoms with E-state index in [-0.39, 0.29) is 11.9 Å². The monoisotopic (exact) mass is 291 g/mol. The van der Waals surface area contributed by atoms with E-state index in [1.54, 1.807) is 0 Å². The lowest BCUT2D eigenvalue weighted by Crippen LogP contribution is -2.57. The predicted octanol–water partition coefficient (Wildman–Crippen LogP) is 3.09. The number of hydrogen-bond acceptors (Lipinski definition) is 3. The molecule has 5 aliphatic rings. The lowest BCUT2D eigenvalue weighted by molar-refractivity contribution is -0.150. The molecule has 0 aromatic carbocycles. The smallest absolute Gasteiger partial charge is 0.309 e. The van der Waals surface area contributed by atoms with Gasteiger partial charge in [-0.2, -0.15) is 0 Å². The molecule has 118 valence electrons. The van der Waals surface area contributed by atoms with Crippen LogP contribution in [0.2, 0.25) is 0 Å². The van der Waals surface area contributed by atoms with Crippen LogP contribution in [-0.2, 0) is 9.53 Å². The summed E-state index contributed by atoms with van der Waals surface area (Å²) in [6, 6.07) is 0.848. The maximum absolute atomic E-state index is 11.9. The number of hydrogen-bond donors (Lipinski definition) is 0. The van der Waals surface area contributed by atoms with Gasteiger partial charge in [-0.1, -0.05) is 0 Å². The van der Waals surface area contributed by atoms with Gasteiger partial charge in [0.05, 0.1) is 12.5 Å². The molecule has 4 saturated carbocycles. The third-order valence-corrected chi connectivity index (χ3v) is 6.75. The summed E-state index contributed by atoms with van der Waals surface area (Å²) in [6.07, 6.45) is 9.55. The molecule has 0 aromatic rings. The van der Waals surface area contributed by atoms with Crippen molar-refractivity contribution in [3.8, 4) is 0 Å². The normalized spacial score (nSPS) is 43.2. The zero-order valence-electron chi connectivity index (χ0n) is 13.3. The van der Waals surface area contributed by atoms with Gasteiger partial charge in [-0.25, -0.2) is 0 Å². The summed E-state index contributed by atoms with van der Waals surface area (Å²) >= 11 is 0. The molecule has 0 amide bonds. The van der Waals surface area contributed by atoms with Gasteiger partial charge >= 0.3 is 5.97 Å². The minimum Gasteiger partial charge on any atom is -0.466 e. The lowest BCUT2D eigenvalue weighted by atomic mass is 9.53. The molecule has 1 aliphatic heterocycles. The highest BCUT2D eigenvalue weighted by molar-refractivity contribution is 5.72. The van der Waals surface area contributed by atoms with Crippen LogP contribution in [0.5, 0.6) is 0 Å². The van der Waals surface area contributed by atoms with Crippen molar-refractivity contribution in [3.05, 3.63) is 0 Å². The maximum Gasteiger partial charge on any atom is 0.309 e. The van der Waals surface area contributed by atoms with E-state index in [0.717, 1.165) is 55.6 Å². The molecule has 0 atom stereocenters. The average molecular weight is 291 g/mol. The van der Waals surface area contributed by atoms with Crippen LogP contribution in [-0.4, -0.2) is 36.6 Å². The first kappa shape index (κ1) is 14.0. The van der Waals surface area contributed by atoms with Crippen molar-refractivity contribution in [2.45, 2.75) is 57.9 Å². The standard InChI is InChI=1S/C18H29NO2/c1-2-21-18(20)14-3-5-19(6-4-14)17-15-8-12-7-13(10-15)11-16(17)9-12/h12-17H,2-11H2,1H3. The fraction of sp³-hybridized carbons (Fsp3) is 0.944. The molecule has 5 rings (SSSR count). The molecule has 0 aromatic heterocycles. The van der Waals surface area contributed by atoms with Crippen LogP contribution in [0.1, 0.15) is 51.9 Å². The Hall–Kier alpha value is -0.570. The molecule has 3 nitrogen and oxygen atoms in total. The predicted molar refractivity (Wildman–Crippen MR) is 81.8 cm³/mol. The molecule has 0 radical (unpaired) electrons. The molecule has 4 bridgehead atoms. The van der Waals surface area contributed by atoms with Gasteiger partial charge in [0.15, 0.2) is 0 Å². The van der Waals surface area contributed by atoms with Crippen molar-refractivity contribution in [2.24, 2.45) is 29.6 Å². The summed E-state index contributed by atoms with van der Waals surface area (Å²) in [7, 11) is 0. The summed E-state index contributed by atoms with van der Waals surface area (Å²) in [4.78, 5) is 14.6. The highest BCUT2D eigenvalue weighted by atomic mass is 16.5. The summed E-state index contributed by atoms with van der Waals surface area (Å²) in [5, 5.41) is 0. The second kappa shape index (κ2) is 5.57. The molecular formula is C18H29NO2. The molecule has 3 heteroatoms. The molecule has 0 N–H and O–H groups in total. The number of carbonyl (C=O) groups excluding carboxylic acids is 1. The first-order valence-corrected chi connectivity index (χ1v) is 9.15. The Morgan fingerprint density at radius 1 is 1.00 bits per heavy atom. The van der Waals surface area contributed by atoms with Crippen molar-refractivity contribution >= 4 is 5.97 Å². The Morgan fingerprint density at radius 2 is 1.57 bits per heavy atom. The summed E-state index contributed by atoms with van der Waals surface area (Å²) in [5.74, 6) is 4.27. The average Bonchev–Trinajstić information content (AvgIpc) is 2.47. The topological polar surface area (TPSA) is 29.5 Å². The van der Waals surface area contributed by atoms with Crippen LogP contribution in [0, 0.1) is 29.6 Å². The van der Waals surface area contributed by atoms with Gasteiger partial charge in [-0.15, -0.1) is 0 Å². The number of carbonyl (C=O) groups is 1. The van der Waals surface area contributed by atoms with E-state index in [1.165, 1.54) is 32.1 Å². The molecular weight excluding hydrogens is 262 g/mol. The fourth-order valence-corrected chi connectivity index (χ4v) is 6.19. The van der Waals surface area contributed by atoms with Gasteiger partial charge in [0, 0.05) is 6.04 Å². The van der Waals surface area contributed by atoms with Crippen molar-refractivity contribution < 1.29 is 9.53 Å². The van der Waals surface area contributed by atoms with E-state index < -0.39 is 0 Å². The second-order valence-corrected chi connectivity index (χ2v) is 7.98. The zero-order chi connectivity index (χ0) is 14.4. The second-order valence-electron chi connectivity index (χ2n) is 7.98. The Balaban J connectivity index is 1.37. The molecule has 1 saturated heterocycles. The number of nitrogens with zero attached hydrogens (tertiary/aromatic N) is 1. The molecule has 0 spiro atoms. The van der Waals surface area contributed by atoms with Crippen LogP contribution in [0.25, 0.3) is 0 Å². The minimum atomic E-state index is 0.0437. The fourth-order valence-electron chi connectivity index (χ4n) is 6.19. The van der Waals surface area contributed by atoms with Gasteiger partial charge in [-0.05, 0) is 88.6 Å². The first-order chi connectivity index (χ1) is 10.2. The SMILES string of the molecule is CCOC(=O)C1CCN(C2C3CC4CC(C3)CC2C4)CC1. The van der Waals surface area contributed by atoms with Crippen LogP contribution in [0.4, 0.5) is 0 Å². The van der Waals surface area contributed by atoms with Crippen LogP contribution < -0.4 is 0 Å². The van der Waals surface area contributed by atoms with Gasteiger partial charge in [0.1, 0.15) is 0 Å². The third kappa shape index (κ3) is 2.52. The highest BCUT2D eigenvalue weighted by Crippen LogP contribution is 2.55. The quantitative estimate of drug-likeness (QED) is 0.748. The van der Waals surface area contributed by atoms with Crippen molar-refractivity contribution in [3.63, 3.8) is 0 Å². The van der Waals surface area contributed by atoms with Crippen molar-refractivity contribution in [1.29, 1.82) is 0 Å². The summed E-state index contributed by atoms with van der Waals surface area (Å²) in [5.41, 5.74) is 0.